The Bertz CT molecular complexity index is 475. The van der Waals surface area contributed by atoms with Crippen molar-refractivity contribution in [1.82, 2.24) is 5.32 Å². The molecule has 1 aromatic carbocycles. The van der Waals surface area contributed by atoms with Crippen LogP contribution >= 0.6 is 0 Å². The molecule has 2 amide bonds. The minimum Gasteiger partial charge on any atom is -0.497 e. The molecule has 0 saturated heterocycles. The summed E-state index contributed by atoms with van der Waals surface area (Å²) < 4.78 is 5.04. The SMILES string of the molecule is COc1ccc(NC(=O)C(C)NC(=O)C(C)(C)C)cc1. The van der Waals surface area contributed by atoms with Gasteiger partial charge < -0.3 is 15.4 Å². The van der Waals surface area contributed by atoms with Crippen LogP contribution in [0.2, 0.25) is 0 Å². The summed E-state index contributed by atoms with van der Waals surface area (Å²) in [6.45, 7) is 7.06. The first-order chi connectivity index (χ1) is 9.24. The molecule has 5 nitrogen and oxygen atoms in total. The molecular weight excluding hydrogens is 256 g/mol. The van der Waals surface area contributed by atoms with E-state index in [2.05, 4.69) is 10.6 Å². The standard InChI is InChI=1S/C15H22N2O3/c1-10(16-14(19)15(2,3)4)13(18)17-11-6-8-12(20-5)9-7-11/h6-10H,1-5H3,(H,16,19)(H,17,18). The number of anilines is 1. The van der Waals surface area contributed by atoms with Gasteiger partial charge in [-0.05, 0) is 31.2 Å². The third kappa shape index (κ3) is 4.57. The van der Waals surface area contributed by atoms with Crippen molar-refractivity contribution in [2.75, 3.05) is 12.4 Å². The summed E-state index contributed by atoms with van der Waals surface area (Å²) in [5, 5.41) is 5.43. The fraction of sp³-hybridized carbons (Fsp3) is 0.467. The van der Waals surface area contributed by atoms with Crippen molar-refractivity contribution in [3.05, 3.63) is 24.3 Å². The molecule has 0 radical (unpaired) electrons. The second-order valence-electron chi connectivity index (χ2n) is 5.66. The van der Waals surface area contributed by atoms with Crippen molar-refractivity contribution in [2.45, 2.75) is 33.7 Å². The smallest absolute Gasteiger partial charge is 0.246 e. The summed E-state index contributed by atoms with van der Waals surface area (Å²) in [6.07, 6.45) is 0. The molecule has 1 aromatic rings. The largest absolute Gasteiger partial charge is 0.497 e. The van der Waals surface area contributed by atoms with Crippen LogP contribution in [-0.2, 0) is 9.59 Å². The highest BCUT2D eigenvalue weighted by Gasteiger charge is 2.25. The molecule has 0 bridgehead atoms. The highest BCUT2D eigenvalue weighted by Crippen LogP contribution is 2.16. The van der Waals surface area contributed by atoms with Crippen molar-refractivity contribution in [3.8, 4) is 5.75 Å². The Morgan fingerprint density at radius 1 is 1.15 bits per heavy atom. The summed E-state index contributed by atoms with van der Waals surface area (Å²) in [4.78, 5) is 23.8. The zero-order chi connectivity index (χ0) is 15.3. The Hall–Kier alpha value is -2.04. The molecule has 0 saturated carbocycles. The molecule has 5 heteroatoms. The van der Waals surface area contributed by atoms with Crippen molar-refractivity contribution in [2.24, 2.45) is 5.41 Å². The van der Waals surface area contributed by atoms with Crippen LogP contribution in [0.3, 0.4) is 0 Å². The van der Waals surface area contributed by atoms with Gasteiger partial charge in [0.1, 0.15) is 11.8 Å². The number of hydrogen-bond donors (Lipinski definition) is 2. The Kier molecular flexibility index (Phi) is 5.13. The lowest BCUT2D eigenvalue weighted by molar-refractivity contribution is -0.131. The number of methoxy groups -OCH3 is 1. The monoisotopic (exact) mass is 278 g/mol. The number of amides is 2. The van der Waals surface area contributed by atoms with Gasteiger partial charge in [0.05, 0.1) is 7.11 Å². The number of carbonyl (C=O) groups is 2. The summed E-state index contributed by atoms with van der Waals surface area (Å²) >= 11 is 0. The molecule has 0 aromatic heterocycles. The van der Waals surface area contributed by atoms with Crippen LogP contribution in [0.25, 0.3) is 0 Å². The molecule has 1 atom stereocenters. The van der Waals surface area contributed by atoms with E-state index in [1.807, 2.05) is 0 Å². The van der Waals surface area contributed by atoms with E-state index >= 15 is 0 Å². The van der Waals surface area contributed by atoms with E-state index in [0.717, 1.165) is 5.75 Å². The van der Waals surface area contributed by atoms with Gasteiger partial charge in [0.15, 0.2) is 0 Å². The van der Waals surface area contributed by atoms with Gasteiger partial charge in [0.25, 0.3) is 0 Å². The van der Waals surface area contributed by atoms with Gasteiger partial charge in [0, 0.05) is 11.1 Å². The van der Waals surface area contributed by atoms with Gasteiger partial charge in [0.2, 0.25) is 11.8 Å². The first kappa shape index (κ1) is 16.0. The zero-order valence-electron chi connectivity index (χ0n) is 12.6. The number of carbonyl (C=O) groups excluding carboxylic acids is 2. The third-order valence-electron chi connectivity index (χ3n) is 2.78. The lowest BCUT2D eigenvalue weighted by Crippen LogP contribution is -2.46. The summed E-state index contributed by atoms with van der Waals surface area (Å²) in [6, 6.07) is 6.41. The average Bonchev–Trinajstić information content (AvgIpc) is 2.38. The molecule has 2 N–H and O–H groups in total. The lowest BCUT2D eigenvalue weighted by atomic mass is 9.95. The minimum atomic E-state index is -0.594. The van der Waals surface area contributed by atoms with Crippen LogP contribution < -0.4 is 15.4 Å². The van der Waals surface area contributed by atoms with Crippen molar-refractivity contribution >= 4 is 17.5 Å². The first-order valence-electron chi connectivity index (χ1n) is 6.50. The predicted octanol–water partition coefficient (Wildman–Crippen LogP) is 2.18. The van der Waals surface area contributed by atoms with Gasteiger partial charge >= 0.3 is 0 Å². The topological polar surface area (TPSA) is 67.4 Å². The molecular formula is C15H22N2O3. The van der Waals surface area contributed by atoms with Gasteiger partial charge in [-0.25, -0.2) is 0 Å². The van der Waals surface area contributed by atoms with Gasteiger partial charge in [-0.1, -0.05) is 20.8 Å². The van der Waals surface area contributed by atoms with E-state index < -0.39 is 11.5 Å². The Morgan fingerprint density at radius 2 is 1.70 bits per heavy atom. The second kappa shape index (κ2) is 6.41. The summed E-state index contributed by atoms with van der Waals surface area (Å²) in [7, 11) is 1.58. The number of nitrogens with one attached hydrogen (secondary N) is 2. The number of hydrogen-bond acceptors (Lipinski definition) is 3. The Balaban J connectivity index is 2.59. The quantitative estimate of drug-likeness (QED) is 0.887. The molecule has 1 unspecified atom stereocenters. The van der Waals surface area contributed by atoms with Crippen LogP contribution in [0, 0.1) is 5.41 Å². The molecule has 0 aliphatic carbocycles. The van der Waals surface area contributed by atoms with Crippen molar-refractivity contribution in [1.29, 1.82) is 0 Å². The maximum atomic E-state index is 12.0. The average molecular weight is 278 g/mol. The molecule has 0 spiro atoms. The Morgan fingerprint density at radius 3 is 2.15 bits per heavy atom. The highest BCUT2D eigenvalue weighted by molar-refractivity contribution is 5.97. The van der Waals surface area contributed by atoms with E-state index in [1.54, 1.807) is 59.1 Å². The van der Waals surface area contributed by atoms with Gasteiger partial charge in [-0.2, -0.15) is 0 Å². The van der Waals surface area contributed by atoms with Crippen LogP contribution in [-0.4, -0.2) is 25.0 Å². The number of ether oxygens (including phenoxy) is 1. The molecule has 20 heavy (non-hydrogen) atoms. The fourth-order valence-electron chi connectivity index (χ4n) is 1.40. The predicted molar refractivity (Wildman–Crippen MR) is 78.7 cm³/mol. The maximum absolute atomic E-state index is 12.0. The zero-order valence-corrected chi connectivity index (χ0v) is 12.6. The Labute approximate surface area is 119 Å². The number of rotatable bonds is 4. The van der Waals surface area contributed by atoms with Crippen molar-refractivity contribution in [3.63, 3.8) is 0 Å². The molecule has 0 fully saturated rings. The minimum absolute atomic E-state index is 0.158. The van der Waals surface area contributed by atoms with E-state index in [-0.39, 0.29) is 11.8 Å². The van der Waals surface area contributed by atoms with E-state index in [4.69, 9.17) is 4.74 Å². The normalized spacial score (nSPS) is 12.4. The summed E-state index contributed by atoms with van der Waals surface area (Å²) in [5.74, 6) is 0.305. The lowest BCUT2D eigenvalue weighted by Gasteiger charge is -2.21. The van der Waals surface area contributed by atoms with E-state index in [0.29, 0.717) is 5.69 Å². The molecule has 1 rings (SSSR count). The second-order valence-corrected chi connectivity index (χ2v) is 5.66. The molecule has 0 aliphatic heterocycles. The van der Waals surface area contributed by atoms with Crippen LogP contribution in [0.4, 0.5) is 5.69 Å². The van der Waals surface area contributed by atoms with Crippen LogP contribution in [0.5, 0.6) is 5.75 Å². The van der Waals surface area contributed by atoms with Crippen molar-refractivity contribution < 1.29 is 14.3 Å². The fourth-order valence-corrected chi connectivity index (χ4v) is 1.40. The van der Waals surface area contributed by atoms with Crippen LogP contribution in [0.1, 0.15) is 27.7 Å². The molecule has 0 aliphatic rings. The van der Waals surface area contributed by atoms with Gasteiger partial charge in [-0.15, -0.1) is 0 Å². The summed E-state index contributed by atoms with van der Waals surface area (Å²) in [5.41, 5.74) is 0.141. The molecule has 110 valence electrons. The van der Waals surface area contributed by atoms with E-state index in [9.17, 15) is 9.59 Å². The molecule has 0 heterocycles. The first-order valence-corrected chi connectivity index (χ1v) is 6.50. The third-order valence-corrected chi connectivity index (χ3v) is 2.78. The number of benzene rings is 1. The maximum Gasteiger partial charge on any atom is 0.246 e. The van der Waals surface area contributed by atoms with Crippen LogP contribution in [0.15, 0.2) is 24.3 Å². The van der Waals surface area contributed by atoms with E-state index in [1.165, 1.54) is 0 Å². The van der Waals surface area contributed by atoms with Gasteiger partial charge in [-0.3, -0.25) is 9.59 Å². The highest BCUT2D eigenvalue weighted by atomic mass is 16.5.